The third-order valence-electron chi connectivity index (χ3n) is 10.4. The van der Waals surface area contributed by atoms with Crippen LogP contribution in [0.25, 0.3) is 0 Å². The van der Waals surface area contributed by atoms with Gasteiger partial charge in [-0.25, -0.2) is 0 Å². The lowest BCUT2D eigenvalue weighted by molar-refractivity contribution is -0.0572. The number of hydrogen-bond acceptors (Lipinski definition) is 2. The fraction of sp³-hybridized carbons (Fsp3) is 0.889. The molecule has 0 aromatic heterocycles. The lowest BCUT2D eigenvalue weighted by Crippen LogP contribution is -2.50. The Balaban J connectivity index is 1.46. The molecule has 9 atom stereocenters. The van der Waals surface area contributed by atoms with Crippen LogP contribution >= 0.6 is 0 Å². The summed E-state index contributed by atoms with van der Waals surface area (Å²) in [5, 5.41) is 17.7. The Morgan fingerprint density at radius 3 is 2.66 bits per heavy atom. The molecule has 0 saturated heterocycles. The highest BCUT2D eigenvalue weighted by atomic mass is 16.3. The second kappa shape index (κ2) is 8.13. The standard InChI is InChI=1S/C27H45NO/c1-18(17-28)6-5-7-19(2)23-10-11-24-22-9-8-20-16-21(29)12-14-26(20,3)25(22)13-15-27(23,24)4/h8,17-19,21-25,28-29H,5-7,9-16H2,1-4H3/t18?,19-,21+,22+,23-,24+,25+,26+,27-/m1/s1. The SMILES string of the molecule is CC(C=N)CCC[C@@H](C)[C@H]1CC[C@H]2[C@@H]3CC=C4C[C@@H](O)CC[C@]4(C)[C@H]3CC[C@]12C. The topological polar surface area (TPSA) is 44.1 Å². The molecule has 0 aromatic carbocycles. The van der Waals surface area contributed by atoms with Crippen LogP contribution < -0.4 is 0 Å². The third kappa shape index (κ3) is 3.66. The van der Waals surface area contributed by atoms with Gasteiger partial charge in [0.1, 0.15) is 0 Å². The van der Waals surface area contributed by atoms with Crippen LogP contribution in [0.15, 0.2) is 11.6 Å². The summed E-state index contributed by atoms with van der Waals surface area (Å²) in [6.45, 7) is 9.92. The van der Waals surface area contributed by atoms with Crippen molar-refractivity contribution in [1.29, 1.82) is 5.41 Å². The van der Waals surface area contributed by atoms with Crippen molar-refractivity contribution in [3.63, 3.8) is 0 Å². The van der Waals surface area contributed by atoms with Crippen LogP contribution in [0.3, 0.4) is 0 Å². The van der Waals surface area contributed by atoms with E-state index in [4.69, 9.17) is 5.41 Å². The van der Waals surface area contributed by atoms with Crippen LogP contribution in [-0.2, 0) is 0 Å². The molecule has 4 aliphatic carbocycles. The van der Waals surface area contributed by atoms with E-state index in [9.17, 15) is 5.11 Å². The zero-order valence-electron chi connectivity index (χ0n) is 19.4. The van der Waals surface area contributed by atoms with Gasteiger partial charge in [-0.15, -0.1) is 0 Å². The van der Waals surface area contributed by atoms with Gasteiger partial charge in [0.2, 0.25) is 0 Å². The molecule has 0 heterocycles. The molecule has 1 unspecified atom stereocenters. The van der Waals surface area contributed by atoms with Crippen molar-refractivity contribution in [3.05, 3.63) is 11.6 Å². The van der Waals surface area contributed by atoms with Crippen LogP contribution in [0, 0.1) is 51.7 Å². The second-order valence-corrected chi connectivity index (χ2v) is 11.9. The number of fused-ring (bicyclic) bond motifs is 5. The summed E-state index contributed by atoms with van der Waals surface area (Å²) in [6.07, 6.45) is 18.1. The van der Waals surface area contributed by atoms with E-state index in [0.29, 0.717) is 16.7 Å². The van der Waals surface area contributed by atoms with Gasteiger partial charge in [-0.05, 0) is 110 Å². The number of allylic oxidation sites excluding steroid dienone is 1. The van der Waals surface area contributed by atoms with Gasteiger partial charge in [-0.3, -0.25) is 0 Å². The Bertz CT molecular complexity index is 640. The van der Waals surface area contributed by atoms with Crippen molar-refractivity contribution in [2.24, 2.45) is 46.3 Å². The highest BCUT2D eigenvalue weighted by Gasteiger charge is 2.59. The summed E-state index contributed by atoms with van der Waals surface area (Å²) < 4.78 is 0. The number of nitrogens with one attached hydrogen (secondary N) is 1. The molecule has 0 bridgehead atoms. The monoisotopic (exact) mass is 399 g/mol. The first-order chi connectivity index (χ1) is 13.8. The smallest absolute Gasteiger partial charge is 0.0577 e. The van der Waals surface area contributed by atoms with E-state index in [1.54, 1.807) is 11.8 Å². The zero-order chi connectivity index (χ0) is 20.8. The predicted molar refractivity (Wildman–Crippen MR) is 122 cm³/mol. The van der Waals surface area contributed by atoms with Crippen LogP contribution in [0.1, 0.15) is 98.3 Å². The Hall–Kier alpha value is -0.630. The van der Waals surface area contributed by atoms with E-state index < -0.39 is 0 Å². The molecule has 164 valence electrons. The fourth-order valence-electron chi connectivity index (χ4n) is 8.66. The first kappa shape index (κ1) is 21.6. The predicted octanol–water partition coefficient (Wildman–Crippen LogP) is 7.02. The molecule has 0 aromatic rings. The molecule has 2 heteroatoms. The van der Waals surface area contributed by atoms with Crippen molar-refractivity contribution in [1.82, 2.24) is 0 Å². The number of hydrogen-bond donors (Lipinski definition) is 2. The number of rotatable bonds is 6. The average molecular weight is 400 g/mol. The zero-order valence-corrected chi connectivity index (χ0v) is 19.4. The second-order valence-electron chi connectivity index (χ2n) is 11.9. The van der Waals surface area contributed by atoms with Crippen molar-refractivity contribution in [3.8, 4) is 0 Å². The molecule has 0 radical (unpaired) electrons. The summed E-state index contributed by atoms with van der Waals surface area (Å²) in [4.78, 5) is 0. The van der Waals surface area contributed by atoms with Gasteiger partial charge in [0.05, 0.1) is 6.10 Å². The lowest BCUT2D eigenvalue weighted by atomic mass is 9.47. The van der Waals surface area contributed by atoms with E-state index in [0.717, 1.165) is 42.4 Å². The Kier molecular flexibility index (Phi) is 6.06. The van der Waals surface area contributed by atoms with Gasteiger partial charge in [0.25, 0.3) is 0 Å². The largest absolute Gasteiger partial charge is 0.393 e. The van der Waals surface area contributed by atoms with E-state index >= 15 is 0 Å². The van der Waals surface area contributed by atoms with Crippen LogP contribution in [0.4, 0.5) is 0 Å². The number of aliphatic hydroxyl groups is 1. The Labute approximate surface area is 179 Å². The molecular formula is C27H45NO. The summed E-state index contributed by atoms with van der Waals surface area (Å²) in [6, 6.07) is 0. The minimum absolute atomic E-state index is 0.0909. The maximum Gasteiger partial charge on any atom is 0.0577 e. The fourth-order valence-corrected chi connectivity index (χ4v) is 8.66. The molecule has 0 aliphatic heterocycles. The highest BCUT2D eigenvalue weighted by Crippen LogP contribution is 2.67. The summed E-state index contributed by atoms with van der Waals surface area (Å²) in [7, 11) is 0. The maximum absolute atomic E-state index is 10.2. The van der Waals surface area contributed by atoms with Crippen molar-refractivity contribution in [2.45, 2.75) is 104 Å². The average Bonchev–Trinajstić information content (AvgIpc) is 3.05. The van der Waals surface area contributed by atoms with Gasteiger partial charge in [0, 0.05) is 0 Å². The third-order valence-corrected chi connectivity index (χ3v) is 10.4. The van der Waals surface area contributed by atoms with E-state index in [2.05, 4.69) is 33.8 Å². The van der Waals surface area contributed by atoms with Crippen molar-refractivity contribution in [2.75, 3.05) is 0 Å². The van der Waals surface area contributed by atoms with Gasteiger partial charge < -0.3 is 10.5 Å². The molecule has 2 nitrogen and oxygen atoms in total. The van der Waals surface area contributed by atoms with Gasteiger partial charge >= 0.3 is 0 Å². The van der Waals surface area contributed by atoms with E-state index in [1.165, 1.54) is 57.8 Å². The minimum atomic E-state index is -0.0909. The molecule has 29 heavy (non-hydrogen) atoms. The molecule has 0 amide bonds. The van der Waals surface area contributed by atoms with Crippen molar-refractivity contribution >= 4 is 6.21 Å². The van der Waals surface area contributed by atoms with Crippen molar-refractivity contribution < 1.29 is 5.11 Å². The maximum atomic E-state index is 10.2. The summed E-state index contributed by atoms with van der Waals surface area (Å²) in [5.74, 6) is 4.83. The lowest BCUT2D eigenvalue weighted by Gasteiger charge is -2.58. The summed E-state index contributed by atoms with van der Waals surface area (Å²) in [5.41, 5.74) is 2.52. The van der Waals surface area contributed by atoms with Crippen LogP contribution in [0.2, 0.25) is 0 Å². The molecular weight excluding hydrogens is 354 g/mol. The highest BCUT2D eigenvalue weighted by molar-refractivity contribution is 5.55. The molecule has 0 spiro atoms. The quantitative estimate of drug-likeness (QED) is 0.366. The Morgan fingerprint density at radius 2 is 1.90 bits per heavy atom. The number of aliphatic hydroxyl groups excluding tert-OH is 1. The minimum Gasteiger partial charge on any atom is -0.393 e. The normalized spacial score (nSPS) is 46.1. The molecule has 3 fully saturated rings. The van der Waals surface area contributed by atoms with Gasteiger partial charge in [0.15, 0.2) is 0 Å². The van der Waals surface area contributed by atoms with Gasteiger partial charge in [-0.2, -0.15) is 0 Å². The first-order valence-corrected chi connectivity index (χ1v) is 12.7. The van der Waals surface area contributed by atoms with E-state index in [-0.39, 0.29) is 6.10 Å². The first-order valence-electron chi connectivity index (χ1n) is 12.7. The van der Waals surface area contributed by atoms with E-state index in [1.807, 2.05) is 0 Å². The van der Waals surface area contributed by atoms with Gasteiger partial charge in [-0.1, -0.05) is 52.2 Å². The molecule has 4 rings (SSSR count). The van der Waals surface area contributed by atoms with Crippen LogP contribution in [0.5, 0.6) is 0 Å². The Morgan fingerprint density at radius 1 is 1.10 bits per heavy atom. The molecule has 2 N–H and O–H groups in total. The van der Waals surface area contributed by atoms with Crippen LogP contribution in [-0.4, -0.2) is 17.4 Å². The molecule has 3 saturated carbocycles. The summed E-state index contributed by atoms with van der Waals surface area (Å²) >= 11 is 0. The molecule has 4 aliphatic rings.